The lowest BCUT2D eigenvalue weighted by Crippen LogP contribution is -2.58. The van der Waals surface area contributed by atoms with Crippen molar-refractivity contribution in [3.63, 3.8) is 0 Å². The first-order valence-electron chi connectivity index (χ1n) is 13.2. The molecule has 6 fully saturated rings. The summed E-state index contributed by atoms with van der Waals surface area (Å²) in [4.78, 5) is 0.590. The van der Waals surface area contributed by atoms with Crippen LogP contribution in [0.5, 0.6) is 0 Å². The quantitative estimate of drug-likeness (QED) is 0.599. The van der Waals surface area contributed by atoms with Gasteiger partial charge in [0.2, 0.25) is 0 Å². The fourth-order valence-electron chi connectivity index (χ4n) is 11.2. The fourth-order valence-corrected chi connectivity index (χ4v) is 15.2. The third-order valence-electron chi connectivity index (χ3n) is 11.6. The molecule has 6 saturated carbocycles. The van der Waals surface area contributed by atoms with Gasteiger partial charge < -0.3 is 10.2 Å². The van der Waals surface area contributed by atoms with E-state index in [1.807, 2.05) is 0 Å². The third kappa shape index (κ3) is 2.25. The van der Waals surface area contributed by atoms with Gasteiger partial charge in [0.1, 0.15) is 0 Å². The average Bonchev–Trinajstić information content (AvgIpc) is 3.66. The molecule has 2 N–H and O–H groups in total. The van der Waals surface area contributed by atoms with Gasteiger partial charge in [-0.05, 0) is 84.5 Å². The van der Waals surface area contributed by atoms with Gasteiger partial charge in [-0.15, -0.1) is 0 Å². The normalized spacial score (nSPS) is 48.9. The topological polar surface area (TPSA) is 109 Å². The van der Waals surface area contributed by atoms with Crippen molar-refractivity contribution < 1.29 is 27.0 Å². The zero-order valence-corrected chi connectivity index (χ0v) is 21.3. The molecule has 2 aromatic rings. The van der Waals surface area contributed by atoms with Gasteiger partial charge in [0.15, 0.2) is 19.7 Å². The molecule has 0 saturated heterocycles. The van der Waals surface area contributed by atoms with Crippen LogP contribution in [-0.4, -0.2) is 49.8 Å². The summed E-state index contributed by atoms with van der Waals surface area (Å²) in [5.74, 6) is -0.160. The maximum Gasteiger partial charge on any atom is 0.184 e. The lowest BCUT2D eigenvalue weighted by atomic mass is 9.68. The summed E-state index contributed by atoms with van der Waals surface area (Å²) in [5.41, 5.74) is 0. The lowest BCUT2D eigenvalue weighted by molar-refractivity contribution is -0.0401. The second-order valence-corrected chi connectivity index (χ2v) is 16.6. The number of hydrogen-bond acceptors (Lipinski definition) is 6. The highest BCUT2D eigenvalue weighted by atomic mass is 32.2. The number of rotatable bonds is 6. The van der Waals surface area contributed by atoms with Crippen molar-refractivity contribution in [1.82, 2.24) is 0 Å². The standard InChI is InChI=1S/C28H30O6S2/c29-26-20-16(11-12-35(31,32)14-7-3-1-4-8-14)21-23-19-17-13-28(25(19)27(21)30,24(26)18(17)22(20)23)36(33,34)15-9-5-2-6-10-15/h1-10,16-27,29-30H,11-13H2/t16?,17?,18-,19-,20-,21+,22+,23+,24-,25+,26+,27-,28?/m0/s1. The molecular weight excluding hydrogens is 496 g/mol. The third-order valence-corrected chi connectivity index (χ3v) is 16.0. The number of aliphatic hydroxyl groups is 2. The molecule has 8 heteroatoms. The predicted molar refractivity (Wildman–Crippen MR) is 131 cm³/mol. The van der Waals surface area contributed by atoms with E-state index in [0.717, 1.165) is 0 Å². The van der Waals surface area contributed by atoms with Crippen molar-refractivity contribution in [1.29, 1.82) is 0 Å². The van der Waals surface area contributed by atoms with E-state index in [1.54, 1.807) is 60.7 Å². The fraction of sp³-hybridized carbons (Fsp3) is 0.571. The van der Waals surface area contributed by atoms with Crippen LogP contribution in [0.4, 0.5) is 0 Å². The monoisotopic (exact) mass is 526 g/mol. The molecule has 2 bridgehead atoms. The van der Waals surface area contributed by atoms with E-state index >= 15 is 0 Å². The van der Waals surface area contributed by atoms with Crippen LogP contribution in [0.2, 0.25) is 0 Å². The van der Waals surface area contributed by atoms with Crippen LogP contribution in [0.1, 0.15) is 12.8 Å². The smallest absolute Gasteiger partial charge is 0.184 e. The summed E-state index contributed by atoms with van der Waals surface area (Å²) in [7, 11) is -7.25. The summed E-state index contributed by atoms with van der Waals surface area (Å²) in [5, 5.41) is 23.6. The second kappa shape index (κ2) is 6.82. The number of hydrogen-bond donors (Lipinski definition) is 2. The molecule has 3 unspecified atom stereocenters. The lowest BCUT2D eigenvalue weighted by Gasteiger charge is -2.47. The first-order chi connectivity index (χ1) is 17.2. The SMILES string of the molecule is O=S(=O)(CCC1[C@@H]2[C@@H](O)[C@@H]3[C@H]4C5CC3(S(=O)(=O)c3ccccc3)[C@H]3[C@@H](O)[C@H]1[C@@H]([C@H]53)[C@@H]24)c1ccccc1. The Morgan fingerprint density at radius 2 is 1.19 bits per heavy atom. The van der Waals surface area contributed by atoms with Gasteiger partial charge in [-0.1, -0.05) is 36.4 Å². The molecule has 0 aliphatic heterocycles. The van der Waals surface area contributed by atoms with Crippen molar-refractivity contribution in [2.45, 2.75) is 39.6 Å². The van der Waals surface area contributed by atoms with Crippen LogP contribution >= 0.6 is 0 Å². The van der Waals surface area contributed by atoms with Gasteiger partial charge in [0, 0.05) is 11.8 Å². The molecule has 6 aliphatic rings. The van der Waals surface area contributed by atoms with Crippen molar-refractivity contribution in [2.24, 2.45) is 59.2 Å². The van der Waals surface area contributed by atoms with Crippen molar-refractivity contribution >= 4 is 19.7 Å². The van der Waals surface area contributed by atoms with E-state index in [4.69, 9.17) is 0 Å². The Balaban J connectivity index is 1.20. The summed E-state index contributed by atoms with van der Waals surface area (Å²) in [6, 6.07) is 17.0. The van der Waals surface area contributed by atoms with E-state index in [1.165, 1.54) is 0 Å². The van der Waals surface area contributed by atoms with Crippen LogP contribution in [0.25, 0.3) is 0 Å². The van der Waals surface area contributed by atoms with E-state index in [0.29, 0.717) is 17.7 Å². The molecule has 8 rings (SSSR count). The highest BCUT2D eigenvalue weighted by Crippen LogP contribution is 2.86. The predicted octanol–water partition coefficient (Wildman–Crippen LogP) is 2.42. The first kappa shape index (κ1) is 22.3. The van der Waals surface area contributed by atoms with Crippen LogP contribution in [0.15, 0.2) is 70.5 Å². The molecule has 0 amide bonds. The minimum absolute atomic E-state index is 0.0187. The molecule has 6 nitrogen and oxygen atoms in total. The number of benzene rings is 2. The summed E-state index contributed by atoms with van der Waals surface area (Å²) in [6.07, 6.45) is -0.591. The van der Waals surface area contributed by atoms with E-state index in [2.05, 4.69) is 0 Å². The summed E-state index contributed by atoms with van der Waals surface area (Å²) in [6.45, 7) is 0. The van der Waals surface area contributed by atoms with E-state index < -0.39 is 36.6 Å². The van der Waals surface area contributed by atoms with Crippen LogP contribution in [0.3, 0.4) is 0 Å². The molecule has 6 aliphatic carbocycles. The van der Waals surface area contributed by atoms with Gasteiger partial charge in [0.05, 0.1) is 32.5 Å². The molecule has 36 heavy (non-hydrogen) atoms. The molecule has 13 atom stereocenters. The molecule has 0 heterocycles. The molecule has 0 aromatic heterocycles. The number of sulfone groups is 2. The van der Waals surface area contributed by atoms with Crippen LogP contribution in [-0.2, 0) is 19.7 Å². The maximum atomic E-state index is 14.3. The zero-order chi connectivity index (χ0) is 24.8. The van der Waals surface area contributed by atoms with E-state index in [9.17, 15) is 27.0 Å². The zero-order valence-electron chi connectivity index (χ0n) is 19.7. The largest absolute Gasteiger partial charge is 0.392 e. The average molecular weight is 527 g/mol. The van der Waals surface area contributed by atoms with Crippen molar-refractivity contribution in [3.05, 3.63) is 60.7 Å². The van der Waals surface area contributed by atoms with Gasteiger partial charge in [-0.25, -0.2) is 16.8 Å². The van der Waals surface area contributed by atoms with Crippen molar-refractivity contribution in [3.8, 4) is 0 Å². The first-order valence-corrected chi connectivity index (χ1v) is 16.3. The highest BCUT2D eigenvalue weighted by Gasteiger charge is 2.90. The van der Waals surface area contributed by atoms with Crippen LogP contribution in [0, 0.1) is 59.2 Å². The van der Waals surface area contributed by atoms with Crippen molar-refractivity contribution in [2.75, 3.05) is 5.75 Å². The van der Waals surface area contributed by atoms with Gasteiger partial charge >= 0.3 is 0 Å². The molecule has 190 valence electrons. The highest BCUT2D eigenvalue weighted by molar-refractivity contribution is 7.93. The Hall–Kier alpha value is -1.74. The molecule has 0 radical (unpaired) electrons. The Kier molecular flexibility index (Phi) is 4.22. The van der Waals surface area contributed by atoms with E-state index in [-0.39, 0.29) is 69.8 Å². The number of fused-ring (bicyclic) bond motifs is 3. The van der Waals surface area contributed by atoms with Crippen LogP contribution < -0.4 is 0 Å². The Labute approximate surface area is 211 Å². The van der Waals surface area contributed by atoms with Gasteiger partial charge in [0.25, 0.3) is 0 Å². The molecule has 2 aromatic carbocycles. The summed E-state index contributed by atoms with van der Waals surface area (Å²) >= 11 is 0. The Morgan fingerprint density at radius 1 is 0.694 bits per heavy atom. The minimum Gasteiger partial charge on any atom is -0.392 e. The Bertz CT molecular complexity index is 1420. The maximum absolute atomic E-state index is 14.3. The summed E-state index contributed by atoms with van der Waals surface area (Å²) < 4.78 is 53.7. The molecular formula is C28H30O6S2. The van der Waals surface area contributed by atoms with Gasteiger partial charge in [-0.3, -0.25) is 0 Å². The minimum atomic E-state index is -3.78. The second-order valence-electron chi connectivity index (χ2n) is 12.2. The van der Waals surface area contributed by atoms with Gasteiger partial charge in [-0.2, -0.15) is 0 Å². The number of aliphatic hydroxyl groups excluding tert-OH is 2. The Morgan fingerprint density at radius 3 is 1.72 bits per heavy atom. The molecule has 0 spiro atoms.